The van der Waals surface area contributed by atoms with Gasteiger partial charge in [0, 0.05) is 41.1 Å². The molecule has 220 valence electrons. The van der Waals surface area contributed by atoms with Crippen LogP contribution in [-0.2, 0) is 16.6 Å². The predicted molar refractivity (Wildman–Crippen MR) is 174 cm³/mol. The molecule has 2 aromatic heterocycles. The van der Waals surface area contributed by atoms with E-state index >= 15 is 0 Å². The zero-order valence-corrected chi connectivity index (χ0v) is 26.2. The fraction of sp³-hybridized carbons (Fsp3) is 0.474. The first-order valence-electron chi connectivity index (χ1n) is 16.2. The summed E-state index contributed by atoms with van der Waals surface area (Å²) in [6.07, 6.45) is 14.4. The van der Waals surface area contributed by atoms with E-state index in [-0.39, 0.29) is 0 Å². The minimum Gasteiger partial charge on any atom is -0.354 e. The SMILES string of the molecule is Cc1cc(C)cc(-c2[nH]c3ccc(C(C)(C)C(=O)N4C5CCC4CC5)cc3c2C(C)CCCCCc2ccncc2)c1. The van der Waals surface area contributed by atoms with E-state index < -0.39 is 5.41 Å². The first-order valence-corrected chi connectivity index (χ1v) is 16.2. The highest BCUT2D eigenvalue weighted by molar-refractivity contribution is 5.95. The Morgan fingerprint density at radius 3 is 2.26 bits per heavy atom. The molecule has 4 heterocycles. The molecular formula is C38H47N3O. The second-order valence-corrected chi connectivity index (χ2v) is 13.7. The number of carbonyl (C=O) groups excluding carboxylic acids is 1. The van der Waals surface area contributed by atoms with Gasteiger partial charge in [-0.2, -0.15) is 0 Å². The summed E-state index contributed by atoms with van der Waals surface area (Å²) < 4.78 is 0. The van der Waals surface area contributed by atoms with Gasteiger partial charge in [-0.3, -0.25) is 9.78 Å². The van der Waals surface area contributed by atoms with Crippen LogP contribution >= 0.6 is 0 Å². The van der Waals surface area contributed by atoms with Gasteiger partial charge in [-0.05, 0) is 137 Å². The number of H-pyrrole nitrogens is 1. The van der Waals surface area contributed by atoms with Crippen LogP contribution in [0.5, 0.6) is 0 Å². The van der Waals surface area contributed by atoms with E-state index in [2.05, 4.69) is 98.0 Å². The van der Waals surface area contributed by atoms with E-state index in [1.54, 1.807) is 0 Å². The number of nitrogens with one attached hydrogen (secondary N) is 1. The third-order valence-electron chi connectivity index (χ3n) is 10.1. The number of aromatic nitrogens is 2. The Hall–Kier alpha value is -3.40. The van der Waals surface area contributed by atoms with Crippen molar-refractivity contribution in [3.05, 3.63) is 88.7 Å². The average Bonchev–Trinajstić information content (AvgIpc) is 3.69. The molecule has 0 radical (unpaired) electrons. The molecule has 2 aliphatic rings. The number of benzene rings is 2. The van der Waals surface area contributed by atoms with E-state index in [4.69, 9.17) is 0 Å². The quantitative estimate of drug-likeness (QED) is 0.196. The molecule has 0 aliphatic carbocycles. The second kappa shape index (κ2) is 11.7. The maximum Gasteiger partial charge on any atom is 0.233 e. The fourth-order valence-electron chi connectivity index (χ4n) is 7.80. The number of fused-ring (bicyclic) bond motifs is 3. The number of amides is 1. The van der Waals surface area contributed by atoms with Crippen molar-refractivity contribution in [3.63, 3.8) is 0 Å². The smallest absolute Gasteiger partial charge is 0.233 e. The molecule has 2 saturated heterocycles. The van der Waals surface area contributed by atoms with Crippen molar-refractivity contribution in [2.45, 2.75) is 116 Å². The molecule has 2 aliphatic heterocycles. The van der Waals surface area contributed by atoms with Crippen LogP contribution in [0.2, 0.25) is 0 Å². The third kappa shape index (κ3) is 5.53. The Morgan fingerprint density at radius 1 is 0.929 bits per heavy atom. The van der Waals surface area contributed by atoms with E-state index in [0.717, 1.165) is 23.9 Å². The van der Waals surface area contributed by atoms with Crippen molar-refractivity contribution >= 4 is 16.8 Å². The van der Waals surface area contributed by atoms with E-state index in [0.29, 0.717) is 23.9 Å². The number of hydrogen-bond donors (Lipinski definition) is 1. The van der Waals surface area contributed by atoms with Gasteiger partial charge in [-0.1, -0.05) is 43.0 Å². The summed E-state index contributed by atoms with van der Waals surface area (Å²) in [6.45, 7) is 11.0. The molecule has 4 heteroatoms. The number of aromatic amines is 1. The molecule has 0 saturated carbocycles. The van der Waals surface area contributed by atoms with Gasteiger partial charge in [0.15, 0.2) is 0 Å². The van der Waals surface area contributed by atoms with Crippen LogP contribution in [0.25, 0.3) is 22.2 Å². The minimum atomic E-state index is -0.551. The van der Waals surface area contributed by atoms with Gasteiger partial charge in [0.25, 0.3) is 0 Å². The molecule has 2 fully saturated rings. The van der Waals surface area contributed by atoms with Gasteiger partial charge in [0.1, 0.15) is 0 Å². The monoisotopic (exact) mass is 561 g/mol. The summed E-state index contributed by atoms with van der Waals surface area (Å²) >= 11 is 0. The number of carbonyl (C=O) groups is 1. The predicted octanol–water partition coefficient (Wildman–Crippen LogP) is 9.18. The lowest BCUT2D eigenvalue weighted by Gasteiger charge is -2.33. The molecule has 2 aromatic carbocycles. The van der Waals surface area contributed by atoms with Crippen LogP contribution in [0.1, 0.15) is 106 Å². The van der Waals surface area contributed by atoms with Gasteiger partial charge >= 0.3 is 0 Å². The summed E-state index contributed by atoms with van der Waals surface area (Å²) in [4.78, 5) is 24.2. The molecule has 42 heavy (non-hydrogen) atoms. The Morgan fingerprint density at radius 2 is 1.60 bits per heavy atom. The highest BCUT2D eigenvalue weighted by Crippen LogP contribution is 2.43. The standard InChI is InChI=1S/C38H47N3O/c1-25-21-26(2)23-29(22-25)36-35(27(3)9-7-6-8-10-28-17-19-39-20-18-28)33-24-30(11-16-34(33)40-36)38(4,5)37(42)41-31-12-13-32(41)15-14-31/h11,16-24,27,31-32,40H,6-10,12-15H2,1-5H3. The van der Waals surface area contributed by atoms with Crippen molar-refractivity contribution in [3.8, 4) is 11.3 Å². The molecule has 1 amide bonds. The van der Waals surface area contributed by atoms with Crippen LogP contribution < -0.4 is 0 Å². The Balaban J connectivity index is 1.30. The lowest BCUT2D eigenvalue weighted by atomic mass is 9.81. The number of unbranched alkanes of at least 4 members (excludes halogenated alkanes) is 2. The molecular weight excluding hydrogens is 514 g/mol. The van der Waals surface area contributed by atoms with E-state index in [9.17, 15) is 4.79 Å². The second-order valence-electron chi connectivity index (χ2n) is 13.7. The molecule has 4 aromatic rings. The summed E-state index contributed by atoms with van der Waals surface area (Å²) in [6, 6.07) is 18.7. The van der Waals surface area contributed by atoms with Crippen molar-refractivity contribution in [2.24, 2.45) is 0 Å². The Bertz CT molecular complexity index is 1530. The Labute approximate surface area is 251 Å². The van der Waals surface area contributed by atoms with Crippen LogP contribution in [0.3, 0.4) is 0 Å². The van der Waals surface area contributed by atoms with Gasteiger partial charge < -0.3 is 9.88 Å². The highest BCUT2D eigenvalue weighted by atomic mass is 16.2. The highest BCUT2D eigenvalue weighted by Gasteiger charge is 2.47. The fourth-order valence-corrected chi connectivity index (χ4v) is 7.80. The van der Waals surface area contributed by atoms with Crippen LogP contribution in [0.4, 0.5) is 0 Å². The number of hydrogen-bond acceptors (Lipinski definition) is 2. The van der Waals surface area contributed by atoms with Gasteiger partial charge in [-0.25, -0.2) is 0 Å². The Kier molecular flexibility index (Phi) is 8.00. The van der Waals surface area contributed by atoms with Crippen molar-refractivity contribution in [1.82, 2.24) is 14.9 Å². The first-order chi connectivity index (χ1) is 20.2. The first kappa shape index (κ1) is 28.7. The molecule has 4 nitrogen and oxygen atoms in total. The number of pyridine rings is 1. The van der Waals surface area contributed by atoms with Crippen LogP contribution in [-0.4, -0.2) is 32.9 Å². The summed E-state index contributed by atoms with van der Waals surface area (Å²) in [5.41, 5.74) is 9.57. The van der Waals surface area contributed by atoms with Gasteiger partial charge in [-0.15, -0.1) is 0 Å². The van der Waals surface area contributed by atoms with E-state index in [1.807, 2.05) is 12.4 Å². The van der Waals surface area contributed by atoms with Gasteiger partial charge in [0.2, 0.25) is 5.91 Å². The topological polar surface area (TPSA) is 49.0 Å². The normalized spacial score (nSPS) is 19.1. The van der Waals surface area contributed by atoms with Crippen LogP contribution in [0.15, 0.2) is 60.9 Å². The lowest BCUT2D eigenvalue weighted by Crippen LogP contribution is -2.45. The molecule has 2 bridgehead atoms. The molecule has 0 spiro atoms. The van der Waals surface area contributed by atoms with Crippen molar-refractivity contribution < 1.29 is 4.79 Å². The maximum atomic E-state index is 14.0. The largest absolute Gasteiger partial charge is 0.354 e. The molecule has 6 rings (SSSR count). The summed E-state index contributed by atoms with van der Waals surface area (Å²) in [5.74, 6) is 0.708. The molecule has 1 unspecified atom stereocenters. The zero-order chi connectivity index (χ0) is 29.4. The number of nitrogens with zero attached hydrogens (tertiary/aromatic N) is 2. The number of rotatable bonds is 10. The number of aryl methyl sites for hydroxylation is 3. The van der Waals surface area contributed by atoms with Crippen LogP contribution in [0, 0.1) is 13.8 Å². The van der Waals surface area contributed by atoms with Crippen molar-refractivity contribution in [2.75, 3.05) is 0 Å². The minimum absolute atomic E-state index is 0.306. The summed E-state index contributed by atoms with van der Waals surface area (Å²) in [7, 11) is 0. The molecule has 1 N–H and O–H groups in total. The van der Waals surface area contributed by atoms with E-state index in [1.165, 1.54) is 83.8 Å². The average molecular weight is 562 g/mol. The summed E-state index contributed by atoms with van der Waals surface area (Å²) in [5, 5.41) is 1.27. The van der Waals surface area contributed by atoms with Gasteiger partial charge in [0.05, 0.1) is 5.41 Å². The molecule has 1 atom stereocenters. The van der Waals surface area contributed by atoms with Crippen molar-refractivity contribution in [1.29, 1.82) is 0 Å². The third-order valence-corrected chi connectivity index (χ3v) is 10.1. The zero-order valence-electron chi connectivity index (χ0n) is 26.2. The lowest BCUT2D eigenvalue weighted by molar-refractivity contribution is -0.137. The maximum absolute atomic E-state index is 14.0.